The fourth-order valence-corrected chi connectivity index (χ4v) is 3.78. The van der Waals surface area contributed by atoms with Crippen molar-refractivity contribution in [1.82, 2.24) is 19.5 Å². The Bertz CT molecular complexity index is 1100. The topological polar surface area (TPSA) is 64.7 Å². The van der Waals surface area contributed by atoms with Crippen molar-refractivity contribution >= 4 is 35.0 Å². The molecule has 0 radical (unpaired) electrons. The molecule has 2 heterocycles. The third kappa shape index (κ3) is 4.70. The summed E-state index contributed by atoms with van der Waals surface area (Å²) in [4.78, 5) is 12.4. The molecule has 2 aromatic heterocycles. The Morgan fingerprint density at radius 2 is 1.69 bits per heavy atom. The van der Waals surface area contributed by atoms with Crippen LogP contribution in [0.25, 0.3) is 0 Å². The number of carbonyl (C=O) groups is 1. The van der Waals surface area contributed by atoms with Crippen LogP contribution in [-0.2, 0) is 11.2 Å². The smallest absolute Gasteiger partial charge is 0.234 e. The van der Waals surface area contributed by atoms with Gasteiger partial charge in [-0.2, -0.15) is 0 Å². The zero-order valence-electron chi connectivity index (χ0n) is 15.4. The van der Waals surface area contributed by atoms with Gasteiger partial charge in [0.1, 0.15) is 0 Å². The van der Waals surface area contributed by atoms with Crippen molar-refractivity contribution in [2.24, 2.45) is 0 Å². The second-order valence-electron chi connectivity index (χ2n) is 6.25. The number of hydrogen-bond acceptors (Lipinski definition) is 4. The first-order valence-corrected chi connectivity index (χ1v) is 10.4. The maximum Gasteiger partial charge on any atom is 0.234 e. The van der Waals surface area contributed by atoms with E-state index in [2.05, 4.69) is 27.6 Å². The standard InChI is InChI=1S/C21H18ClN5OS/c22-17-10-4-5-11-18(17)23-20(28)15-29-21-25-24-19(14-16-8-2-1-3-9-16)27(21)26-12-6-7-13-26/h1-13H,14-15H2,(H,23,28). The summed E-state index contributed by atoms with van der Waals surface area (Å²) in [6.07, 6.45) is 4.48. The molecule has 0 unspecified atom stereocenters. The maximum atomic E-state index is 12.4. The van der Waals surface area contributed by atoms with Crippen molar-refractivity contribution in [3.05, 3.63) is 95.5 Å². The van der Waals surface area contributed by atoms with Crippen molar-refractivity contribution in [1.29, 1.82) is 0 Å². The fraction of sp³-hybridized carbons (Fsp3) is 0.0952. The molecule has 6 nitrogen and oxygen atoms in total. The Labute approximate surface area is 177 Å². The Morgan fingerprint density at radius 3 is 2.45 bits per heavy atom. The molecule has 0 saturated heterocycles. The van der Waals surface area contributed by atoms with E-state index in [1.165, 1.54) is 11.8 Å². The number of halogens is 1. The summed E-state index contributed by atoms with van der Waals surface area (Å²) in [7, 11) is 0. The molecular formula is C21H18ClN5OS. The molecule has 0 aliphatic carbocycles. The number of anilines is 1. The predicted molar refractivity (Wildman–Crippen MR) is 115 cm³/mol. The maximum absolute atomic E-state index is 12.4. The minimum Gasteiger partial charge on any atom is -0.324 e. The molecule has 4 rings (SSSR count). The number of hydrogen-bond donors (Lipinski definition) is 1. The van der Waals surface area contributed by atoms with Gasteiger partial charge < -0.3 is 5.32 Å². The first-order chi connectivity index (χ1) is 14.2. The summed E-state index contributed by atoms with van der Waals surface area (Å²) in [5.74, 6) is 0.826. The molecule has 1 N–H and O–H groups in total. The molecule has 0 fully saturated rings. The van der Waals surface area contributed by atoms with Crippen molar-refractivity contribution in [3.8, 4) is 0 Å². The van der Waals surface area contributed by atoms with Gasteiger partial charge >= 0.3 is 0 Å². The van der Waals surface area contributed by atoms with E-state index in [9.17, 15) is 4.79 Å². The van der Waals surface area contributed by atoms with Crippen molar-refractivity contribution in [2.45, 2.75) is 11.6 Å². The average Bonchev–Trinajstić information content (AvgIpc) is 3.39. The van der Waals surface area contributed by atoms with E-state index >= 15 is 0 Å². The van der Waals surface area contributed by atoms with Gasteiger partial charge in [-0.05, 0) is 29.8 Å². The predicted octanol–water partition coefficient (Wildman–Crippen LogP) is 4.37. The van der Waals surface area contributed by atoms with Gasteiger partial charge in [0, 0.05) is 18.8 Å². The number of aromatic nitrogens is 4. The van der Waals surface area contributed by atoms with Gasteiger partial charge in [-0.3, -0.25) is 9.47 Å². The second-order valence-corrected chi connectivity index (χ2v) is 7.60. The number of thioether (sulfide) groups is 1. The summed E-state index contributed by atoms with van der Waals surface area (Å²) >= 11 is 7.43. The molecule has 0 atom stereocenters. The van der Waals surface area contributed by atoms with Crippen LogP contribution in [0, 0.1) is 0 Å². The minimum atomic E-state index is -0.158. The third-order valence-electron chi connectivity index (χ3n) is 4.18. The van der Waals surface area contributed by atoms with Crippen LogP contribution in [0.2, 0.25) is 5.02 Å². The lowest BCUT2D eigenvalue weighted by Crippen LogP contribution is -2.16. The number of nitrogens with one attached hydrogen (secondary N) is 1. The molecule has 0 saturated carbocycles. The van der Waals surface area contributed by atoms with Crippen LogP contribution in [0.3, 0.4) is 0 Å². The zero-order valence-corrected chi connectivity index (χ0v) is 17.0. The van der Waals surface area contributed by atoms with E-state index in [0.717, 1.165) is 11.4 Å². The Kier molecular flexibility index (Phi) is 5.97. The molecule has 1 amide bonds. The monoisotopic (exact) mass is 423 g/mol. The molecule has 0 spiro atoms. The van der Waals surface area contributed by atoms with E-state index in [-0.39, 0.29) is 11.7 Å². The average molecular weight is 424 g/mol. The molecule has 0 bridgehead atoms. The SMILES string of the molecule is O=C(CSc1nnc(Cc2ccccc2)n1-n1cccc1)Nc1ccccc1Cl. The molecule has 146 valence electrons. The van der Waals surface area contributed by atoms with E-state index in [1.54, 1.807) is 12.1 Å². The van der Waals surface area contributed by atoms with Gasteiger partial charge in [0.15, 0.2) is 5.82 Å². The third-order valence-corrected chi connectivity index (χ3v) is 5.43. The molecule has 29 heavy (non-hydrogen) atoms. The van der Waals surface area contributed by atoms with Crippen LogP contribution in [0.4, 0.5) is 5.69 Å². The van der Waals surface area contributed by atoms with Gasteiger partial charge in [0.2, 0.25) is 11.1 Å². The van der Waals surface area contributed by atoms with Crippen LogP contribution in [0.1, 0.15) is 11.4 Å². The summed E-state index contributed by atoms with van der Waals surface area (Å²) in [5.41, 5.74) is 1.73. The molecule has 0 aliphatic heterocycles. The van der Waals surface area contributed by atoms with E-state index < -0.39 is 0 Å². The molecule has 4 aromatic rings. The first kappa shape index (κ1) is 19.3. The minimum absolute atomic E-state index is 0.158. The quantitative estimate of drug-likeness (QED) is 0.448. The van der Waals surface area contributed by atoms with Gasteiger partial charge in [-0.25, -0.2) is 4.68 Å². The second kappa shape index (κ2) is 8.98. The summed E-state index contributed by atoms with van der Waals surface area (Å²) in [6, 6.07) is 21.1. The highest BCUT2D eigenvalue weighted by Gasteiger charge is 2.16. The summed E-state index contributed by atoms with van der Waals surface area (Å²) in [6.45, 7) is 0. The lowest BCUT2D eigenvalue weighted by Gasteiger charge is -2.11. The molecular weight excluding hydrogens is 406 g/mol. The van der Waals surface area contributed by atoms with Crippen LogP contribution in [0.5, 0.6) is 0 Å². The highest BCUT2D eigenvalue weighted by atomic mass is 35.5. The lowest BCUT2D eigenvalue weighted by atomic mass is 10.1. The molecule has 8 heteroatoms. The number of para-hydroxylation sites is 1. The van der Waals surface area contributed by atoms with Crippen LogP contribution in [0.15, 0.2) is 84.3 Å². The Balaban J connectivity index is 1.51. The van der Waals surface area contributed by atoms with Crippen LogP contribution in [-0.4, -0.2) is 31.2 Å². The zero-order chi connectivity index (χ0) is 20.1. The van der Waals surface area contributed by atoms with Gasteiger partial charge in [0.05, 0.1) is 16.5 Å². The number of carbonyl (C=O) groups excluding carboxylic acids is 1. The number of nitrogens with zero attached hydrogens (tertiary/aromatic N) is 4. The van der Waals surface area contributed by atoms with E-state index in [0.29, 0.717) is 22.3 Å². The molecule has 0 aliphatic rings. The number of amides is 1. The van der Waals surface area contributed by atoms with Crippen molar-refractivity contribution in [3.63, 3.8) is 0 Å². The Hall–Kier alpha value is -3.03. The first-order valence-electron chi connectivity index (χ1n) is 9.00. The van der Waals surface area contributed by atoms with Crippen LogP contribution >= 0.6 is 23.4 Å². The summed E-state index contributed by atoms with van der Waals surface area (Å²) in [5, 5.41) is 12.6. The normalized spacial score (nSPS) is 10.8. The van der Waals surface area contributed by atoms with E-state index in [4.69, 9.17) is 11.6 Å². The molecule has 2 aromatic carbocycles. The number of benzene rings is 2. The van der Waals surface area contributed by atoms with Crippen LogP contribution < -0.4 is 5.32 Å². The van der Waals surface area contributed by atoms with Crippen molar-refractivity contribution < 1.29 is 4.79 Å². The van der Waals surface area contributed by atoms with Gasteiger partial charge in [0.25, 0.3) is 0 Å². The van der Waals surface area contributed by atoms with Gasteiger partial charge in [-0.1, -0.05) is 65.8 Å². The number of rotatable bonds is 7. The Morgan fingerprint density at radius 1 is 0.966 bits per heavy atom. The van der Waals surface area contributed by atoms with Gasteiger partial charge in [-0.15, -0.1) is 10.2 Å². The summed E-state index contributed by atoms with van der Waals surface area (Å²) < 4.78 is 3.83. The van der Waals surface area contributed by atoms with E-state index in [1.807, 2.05) is 64.2 Å². The van der Waals surface area contributed by atoms with Crippen molar-refractivity contribution in [2.75, 3.05) is 11.1 Å². The highest BCUT2D eigenvalue weighted by molar-refractivity contribution is 7.99. The fourth-order valence-electron chi connectivity index (χ4n) is 2.84. The lowest BCUT2D eigenvalue weighted by molar-refractivity contribution is -0.113. The highest BCUT2D eigenvalue weighted by Crippen LogP contribution is 2.23. The largest absolute Gasteiger partial charge is 0.324 e.